The minimum atomic E-state index is -0.182. The third-order valence-electron chi connectivity index (χ3n) is 2.24. The number of rotatable bonds is 4. The molecular formula is C14H19NO3. The van der Waals surface area contributed by atoms with E-state index in [1.54, 1.807) is 25.1 Å². The number of carbonyl (C=O) groups is 1. The molecular weight excluding hydrogens is 230 g/mol. The van der Waals surface area contributed by atoms with E-state index in [0.717, 1.165) is 5.56 Å². The predicted octanol–water partition coefficient (Wildman–Crippen LogP) is 2.98. The zero-order valence-electron chi connectivity index (χ0n) is 11.0. The Labute approximate surface area is 108 Å². The summed E-state index contributed by atoms with van der Waals surface area (Å²) in [6.45, 7) is 5.60. The third kappa shape index (κ3) is 6.54. The van der Waals surface area contributed by atoms with E-state index in [1.807, 2.05) is 19.1 Å². The number of phenolic OH excluding ortho intramolecular Hbond substituents is 1. The number of ether oxygens (including phenoxy) is 1. The number of carbonyl (C=O) groups excluding carboxylic acids is 1. The van der Waals surface area contributed by atoms with Gasteiger partial charge in [0, 0.05) is 6.92 Å². The van der Waals surface area contributed by atoms with Crippen LogP contribution in [0.5, 0.6) is 5.75 Å². The molecule has 4 heteroatoms. The van der Waals surface area contributed by atoms with Crippen molar-refractivity contribution in [2.45, 2.75) is 33.1 Å². The molecule has 1 N–H and O–H groups in total. The fraction of sp³-hybridized carbons (Fsp3) is 0.429. The van der Waals surface area contributed by atoms with Crippen molar-refractivity contribution >= 4 is 5.97 Å². The predicted molar refractivity (Wildman–Crippen MR) is 69.1 cm³/mol. The van der Waals surface area contributed by atoms with E-state index < -0.39 is 0 Å². The zero-order valence-corrected chi connectivity index (χ0v) is 11.0. The summed E-state index contributed by atoms with van der Waals surface area (Å²) in [5.41, 5.74) is 1.03. The second kappa shape index (κ2) is 9.06. The van der Waals surface area contributed by atoms with Crippen LogP contribution in [-0.2, 0) is 9.53 Å². The van der Waals surface area contributed by atoms with Crippen LogP contribution in [0.2, 0.25) is 0 Å². The number of esters is 1. The van der Waals surface area contributed by atoms with Crippen LogP contribution in [0.25, 0.3) is 0 Å². The Morgan fingerprint density at radius 3 is 2.39 bits per heavy atom. The highest BCUT2D eigenvalue weighted by Crippen LogP contribution is 2.21. The summed E-state index contributed by atoms with van der Waals surface area (Å²) in [6.07, 6.45) is 0.374. The topological polar surface area (TPSA) is 70.3 Å². The Hall–Kier alpha value is -2.02. The summed E-state index contributed by atoms with van der Waals surface area (Å²) < 4.78 is 4.87. The first-order chi connectivity index (χ1) is 8.54. The summed E-state index contributed by atoms with van der Waals surface area (Å²) in [7, 11) is 0. The number of phenols is 1. The second-order valence-corrected chi connectivity index (χ2v) is 3.73. The van der Waals surface area contributed by atoms with Crippen LogP contribution >= 0.6 is 0 Å². The van der Waals surface area contributed by atoms with Crippen LogP contribution in [0.4, 0.5) is 0 Å². The maximum absolute atomic E-state index is 11.2. The van der Waals surface area contributed by atoms with Gasteiger partial charge in [-0.15, -0.1) is 0 Å². The molecule has 0 saturated carbocycles. The van der Waals surface area contributed by atoms with E-state index in [4.69, 9.17) is 15.1 Å². The lowest BCUT2D eigenvalue weighted by molar-refractivity contribution is -0.143. The molecule has 1 aromatic carbocycles. The average molecular weight is 249 g/mol. The van der Waals surface area contributed by atoms with E-state index in [1.165, 1.54) is 6.92 Å². The Bertz CT molecular complexity index is 392. The van der Waals surface area contributed by atoms with Crippen LogP contribution in [-0.4, -0.2) is 17.7 Å². The molecule has 0 amide bonds. The summed E-state index contributed by atoms with van der Waals surface area (Å²) in [5, 5.41) is 16.4. The first-order valence-electron chi connectivity index (χ1n) is 5.80. The van der Waals surface area contributed by atoms with Gasteiger partial charge in [-0.05, 0) is 30.5 Å². The van der Waals surface area contributed by atoms with Crippen molar-refractivity contribution in [3.05, 3.63) is 29.8 Å². The monoisotopic (exact) mass is 249 g/mol. The maximum Gasteiger partial charge on any atom is 0.306 e. The first kappa shape index (κ1) is 16.0. The second-order valence-electron chi connectivity index (χ2n) is 3.73. The molecule has 0 fully saturated rings. The molecule has 0 saturated heterocycles. The molecule has 0 aliphatic carbocycles. The third-order valence-corrected chi connectivity index (χ3v) is 2.24. The zero-order chi connectivity index (χ0) is 14.0. The van der Waals surface area contributed by atoms with Crippen molar-refractivity contribution < 1.29 is 14.6 Å². The van der Waals surface area contributed by atoms with E-state index in [0.29, 0.717) is 13.0 Å². The normalized spacial score (nSPS) is 10.6. The number of nitriles is 1. The summed E-state index contributed by atoms with van der Waals surface area (Å²) in [6, 6.07) is 8.63. The van der Waals surface area contributed by atoms with Crippen LogP contribution < -0.4 is 0 Å². The molecule has 0 aliphatic rings. The molecule has 1 unspecified atom stereocenters. The van der Waals surface area contributed by atoms with Gasteiger partial charge in [0.05, 0.1) is 19.1 Å². The molecule has 1 rings (SSSR count). The average Bonchev–Trinajstić information content (AvgIpc) is 2.31. The van der Waals surface area contributed by atoms with Crippen LogP contribution in [0.15, 0.2) is 24.3 Å². The van der Waals surface area contributed by atoms with Gasteiger partial charge in [0.25, 0.3) is 0 Å². The SMILES string of the molecule is CC#N.CCOC(=O)CC(C)c1ccc(O)cc1. The van der Waals surface area contributed by atoms with Crippen molar-refractivity contribution in [3.63, 3.8) is 0 Å². The Morgan fingerprint density at radius 2 is 1.94 bits per heavy atom. The number of hydrogen-bond acceptors (Lipinski definition) is 4. The standard InChI is InChI=1S/C12H16O3.C2H3N/c1-3-15-12(14)8-9(2)10-4-6-11(13)7-5-10;1-2-3/h4-7,9,13H,3,8H2,1-2H3;1H3. The Balaban J connectivity index is 0.000000873. The van der Waals surface area contributed by atoms with Crippen LogP contribution in [0, 0.1) is 11.3 Å². The smallest absolute Gasteiger partial charge is 0.306 e. The van der Waals surface area contributed by atoms with Crippen molar-refractivity contribution in [1.29, 1.82) is 5.26 Å². The van der Waals surface area contributed by atoms with Gasteiger partial charge < -0.3 is 9.84 Å². The molecule has 98 valence electrons. The Kier molecular flexibility index (Phi) is 8.04. The number of benzene rings is 1. The van der Waals surface area contributed by atoms with Crippen molar-refractivity contribution in [1.82, 2.24) is 0 Å². The molecule has 1 atom stereocenters. The van der Waals surface area contributed by atoms with E-state index in [9.17, 15) is 4.79 Å². The van der Waals surface area contributed by atoms with Gasteiger partial charge in [-0.25, -0.2) is 0 Å². The lowest BCUT2D eigenvalue weighted by Gasteiger charge is -2.10. The fourth-order valence-electron chi connectivity index (χ4n) is 1.39. The van der Waals surface area contributed by atoms with Gasteiger partial charge in [0.15, 0.2) is 0 Å². The van der Waals surface area contributed by atoms with Crippen LogP contribution in [0.3, 0.4) is 0 Å². The van der Waals surface area contributed by atoms with Gasteiger partial charge >= 0.3 is 5.97 Å². The maximum atomic E-state index is 11.2. The van der Waals surface area contributed by atoms with Gasteiger partial charge in [-0.3, -0.25) is 4.79 Å². The largest absolute Gasteiger partial charge is 0.508 e. The quantitative estimate of drug-likeness (QED) is 0.833. The van der Waals surface area contributed by atoms with Gasteiger partial charge in [-0.1, -0.05) is 19.1 Å². The molecule has 1 aromatic rings. The molecule has 4 nitrogen and oxygen atoms in total. The van der Waals surface area contributed by atoms with E-state index in [2.05, 4.69) is 0 Å². The van der Waals surface area contributed by atoms with Crippen molar-refractivity contribution in [2.75, 3.05) is 6.61 Å². The Morgan fingerprint density at radius 1 is 1.44 bits per heavy atom. The first-order valence-corrected chi connectivity index (χ1v) is 5.80. The van der Waals surface area contributed by atoms with E-state index >= 15 is 0 Å². The van der Waals surface area contributed by atoms with Gasteiger partial charge in [0.2, 0.25) is 0 Å². The number of hydrogen-bond donors (Lipinski definition) is 1. The minimum Gasteiger partial charge on any atom is -0.508 e. The molecule has 0 spiro atoms. The number of aromatic hydroxyl groups is 1. The van der Waals surface area contributed by atoms with E-state index in [-0.39, 0.29) is 17.6 Å². The fourth-order valence-corrected chi connectivity index (χ4v) is 1.39. The lowest BCUT2D eigenvalue weighted by Crippen LogP contribution is -2.08. The van der Waals surface area contributed by atoms with Crippen LogP contribution in [0.1, 0.15) is 38.7 Å². The van der Waals surface area contributed by atoms with Gasteiger partial charge in [0.1, 0.15) is 5.75 Å². The molecule has 0 aromatic heterocycles. The molecule has 18 heavy (non-hydrogen) atoms. The van der Waals surface area contributed by atoms with Crippen molar-refractivity contribution in [2.24, 2.45) is 0 Å². The summed E-state index contributed by atoms with van der Waals surface area (Å²) in [4.78, 5) is 11.2. The highest BCUT2D eigenvalue weighted by Gasteiger charge is 2.11. The molecule has 0 bridgehead atoms. The molecule has 0 radical (unpaired) electrons. The number of nitrogens with zero attached hydrogens (tertiary/aromatic N) is 1. The minimum absolute atomic E-state index is 0.115. The van der Waals surface area contributed by atoms with Crippen molar-refractivity contribution in [3.8, 4) is 11.8 Å². The lowest BCUT2D eigenvalue weighted by atomic mass is 9.98. The van der Waals surface area contributed by atoms with Gasteiger partial charge in [-0.2, -0.15) is 5.26 Å². The summed E-state index contributed by atoms with van der Waals surface area (Å²) >= 11 is 0. The molecule has 0 heterocycles. The summed E-state index contributed by atoms with van der Waals surface area (Å²) in [5.74, 6) is 0.171. The molecule has 0 aliphatic heterocycles. The highest BCUT2D eigenvalue weighted by molar-refractivity contribution is 5.70. The highest BCUT2D eigenvalue weighted by atomic mass is 16.5.